The third-order valence-corrected chi connectivity index (χ3v) is 4.82. The Morgan fingerprint density at radius 2 is 1.76 bits per heavy atom. The Balaban J connectivity index is 0.000000852. The fraction of sp³-hybridized carbons (Fsp3) is 0.381. The molecule has 12 nitrogen and oxygen atoms in total. The van der Waals surface area contributed by atoms with Gasteiger partial charge in [0.25, 0.3) is 5.69 Å². The molecule has 2 aromatic rings. The van der Waals surface area contributed by atoms with Gasteiger partial charge in [-0.15, -0.1) is 5.11 Å². The minimum atomic E-state index is -4.41. The maximum absolute atomic E-state index is 10.8. The van der Waals surface area contributed by atoms with Crippen molar-refractivity contribution in [2.45, 2.75) is 13.0 Å². The molecule has 0 heterocycles. The predicted molar refractivity (Wildman–Crippen MR) is 124 cm³/mol. The molecule has 1 N–H and O–H groups in total. The van der Waals surface area contributed by atoms with Crippen LogP contribution in [0.3, 0.4) is 0 Å². The minimum absolute atomic E-state index is 0.115. The topological polar surface area (TPSA) is 170 Å². The molecule has 0 aliphatic heterocycles. The van der Waals surface area contributed by atoms with Gasteiger partial charge in [0.1, 0.15) is 11.8 Å². The Bertz CT molecular complexity index is 1140. The van der Waals surface area contributed by atoms with Gasteiger partial charge in [-0.2, -0.15) is 10.4 Å². The molecule has 0 fully saturated rings. The van der Waals surface area contributed by atoms with E-state index in [9.17, 15) is 23.1 Å². The summed E-state index contributed by atoms with van der Waals surface area (Å²) in [6.45, 7) is 4.07. The summed E-state index contributed by atoms with van der Waals surface area (Å²) >= 11 is 0. The van der Waals surface area contributed by atoms with Crippen molar-refractivity contribution in [1.82, 2.24) is 5.32 Å². The molecular weight excluding hydrogens is 464 g/mol. The number of nitrogens with one attached hydrogen (secondary N) is 1. The Kier molecular flexibility index (Phi) is 10.8. The maximum Gasteiger partial charge on any atom is 0.270 e. The molecule has 0 spiro atoms. The number of non-ortho nitro benzene ring substituents is 1. The smallest absolute Gasteiger partial charge is 0.270 e. The molecule has 0 saturated heterocycles. The number of nitriles is 1. The summed E-state index contributed by atoms with van der Waals surface area (Å²) < 4.78 is 31.9. The molecule has 13 heteroatoms. The standard InChI is InChI=1S/C20H25N6O2.CH4O4S/c1-15(22-11-12-26(2,3)4)16-5-7-18(8-6-16)23-24-20-10-9-19(25(27)28)13-17(20)14-21;1-5-6(2,3)4/h5-10,13,15,22H,11-12H2,1-4H3;1H3,(H,2,3,4)/q+1;/p-1. The van der Waals surface area contributed by atoms with Gasteiger partial charge in [-0.1, -0.05) is 12.1 Å². The Hall–Kier alpha value is -3.28. The van der Waals surface area contributed by atoms with Gasteiger partial charge in [-0.3, -0.25) is 14.3 Å². The highest BCUT2D eigenvalue weighted by molar-refractivity contribution is 7.80. The van der Waals surface area contributed by atoms with E-state index in [1.54, 1.807) is 0 Å². The van der Waals surface area contributed by atoms with Gasteiger partial charge in [0.2, 0.25) is 10.4 Å². The quantitative estimate of drug-likeness (QED) is 0.139. The lowest BCUT2D eigenvalue weighted by atomic mass is 10.1. The average Bonchev–Trinajstić information content (AvgIpc) is 2.76. The number of rotatable bonds is 9. The van der Waals surface area contributed by atoms with Crippen LogP contribution < -0.4 is 5.32 Å². The molecule has 0 aliphatic carbocycles. The highest BCUT2D eigenvalue weighted by atomic mass is 32.3. The number of benzene rings is 2. The van der Waals surface area contributed by atoms with Gasteiger partial charge >= 0.3 is 0 Å². The highest BCUT2D eigenvalue weighted by Gasteiger charge is 2.11. The van der Waals surface area contributed by atoms with Crippen LogP contribution in [0.5, 0.6) is 0 Å². The first-order chi connectivity index (χ1) is 15.8. The molecule has 1 atom stereocenters. The number of nitro benzene ring substituents is 1. The third-order valence-electron chi connectivity index (χ3n) is 4.41. The van der Waals surface area contributed by atoms with Crippen LogP contribution in [0.4, 0.5) is 17.1 Å². The number of quaternary nitrogens is 1. The van der Waals surface area contributed by atoms with Crippen LogP contribution in [-0.2, 0) is 14.6 Å². The summed E-state index contributed by atoms with van der Waals surface area (Å²) in [7, 11) is 2.88. The lowest BCUT2D eigenvalue weighted by Gasteiger charge is -2.25. The van der Waals surface area contributed by atoms with Gasteiger partial charge in [-0.05, 0) is 30.7 Å². The SMILES string of the molecule is CC(NCC[N+](C)(C)C)c1ccc(N=Nc2ccc([N+](=O)[O-])cc2C#N)cc1.COS(=O)(=O)[O-]. The summed E-state index contributed by atoms with van der Waals surface area (Å²) in [4.78, 5) is 10.3. The molecule has 2 aromatic carbocycles. The molecule has 0 radical (unpaired) electrons. The maximum atomic E-state index is 10.8. The largest absolute Gasteiger partial charge is 0.726 e. The van der Waals surface area contributed by atoms with E-state index in [-0.39, 0.29) is 17.3 Å². The van der Waals surface area contributed by atoms with Crippen molar-refractivity contribution in [3.05, 3.63) is 63.7 Å². The zero-order valence-corrected chi connectivity index (χ0v) is 20.4. The highest BCUT2D eigenvalue weighted by Crippen LogP contribution is 2.26. The Morgan fingerprint density at radius 3 is 2.24 bits per heavy atom. The van der Waals surface area contributed by atoms with Crippen molar-refractivity contribution in [3.63, 3.8) is 0 Å². The molecule has 0 saturated carbocycles. The number of azo groups is 1. The predicted octanol–water partition coefficient (Wildman–Crippen LogP) is 3.33. The second-order valence-electron chi connectivity index (χ2n) is 8.13. The van der Waals surface area contributed by atoms with Crippen LogP contribution in [0.15, 0.2) is 52.7 Å². The lowest BCUT2D eigenvalue weighted by Crippen LogP contribution is -2.40. The van der Waals surface area contributed by atoms with E-state index in [4.69, 9.17) is 5.26 Å². The molecule has 0 bridgehead atoms. The first-order valence-corrected chi connectivity index (χ1v) is 11.3. The Labute approximate surface area is 199 Å². The summed E-state index contributed by atoms with van der Waals surface area (Å²) in [5.41, 5.74) is 2.06. The summed E-state index contributed by atoms with van der Waals surface area (Å²) in [5.74, 6) is 0. The number of likely N-dealkylation sites (N-methyl/N-ethyl adjacent to an activating group) is 1. The first kappa shape index (κ1) is 28.8. The van der Waals surface area contributed by atoms with Crippen LogP contribution in [0.25, 0.3) is 0 Å². The van der Waals surface area contributed by atoms with Crippen molar-refractivity contribution >= 4 is 27.5 Å². The van der Waals surface area contributed by atoms with Crippen LogP contribution in [0.1, 0.15) is 24.1 Å². The van der Waals surface area contributed by atoms with Gasteiger partial charge in [-0.25, -0.2) is 8.42 Å². The van der Waals surface area contributed by atoms with E-state index in [0.717, 1.165) is 30.2 Å². The van der Waals surface area contributed by atoms with Crippen LogP contribution in [0.2, 0.25) is 0 Å². The van der Waals surface area contributed by atoms with E-state index in [2.05, 4.69) is 47.8 Å². The van der Waals surface area contributed by atoms with Gasteiger partial charge in [0.05, 0.1) is 51.0 Å². The molecule has 1 unspecified atom stereocenters. The van der Waals surface area contributed by atoms with Crippen molar-refractivity contribution in [1.29, 1.82) is 5.26 Å². The van der Waals surface area contributed by atoms with E-state index in [1.165, 1.54) is 18.2 Å². The zero-order valence-electron chi connectivity index (χ0n) is 19.6. The molecular formula is C21H28N6O6S. The van der Waals surface area contributed by atoms with Crippen LogP contribution in [-0.4, -0.2) is 63.7 Å². The normalized spacial score (nSPS) is 12.5. The average molecular weight is 493 g/mol. The summed E-state index contributed by atoms with van der Waals surface area (Å²) in [6.07, 6.45) is 0. The number of hydrogen-bond donors (Lipinski definition) is 1. The van der Waals surface area contributed by atoms with E-state index in [0.29, 0.717) is 11.4 Å². The van der Waals surface area contributed by atoms with Crippen LogP contribution >= 0.6 is 0 Å². The second kappa shape index (κ2) is 12.8. The van der Waals surface area contributed by atoms with E-state index >= 15 is 0 Å². The van der Waals surface area contributed by atoms with Crippen LogP contribution in [0, 0.1) is 21.4 Å². The number of nitro groups is 1. The molecule has 2 rings (SSSR count). The van der Waals surface area contributed by atoms with E-state index < -0.39 is 15.3 Å². The van der Waals surface area contributed by atoms with Gasteiger partial charge < -0.3 is 14.4 Å². The number of nitrogens with zero attached hydrogens (tertiary/aromatic N) is 5. The van der Waals surface area contributed by atoms with E-state index in [1.807, 2.05) is 30.3 Å². The summed E-state index contributed by atoms with van der Waals surface area (Å²) in [5, 5.41) is 31.7. The van der Waals surface area contributed by atoms with Crippen molar-refractivity contribution in [3.8, 4) is 6.07 Å². The Morgan fingerprint density at radius 1 is 1.18 bits per heavy atom. The monoisotopic (exact) mass is 492 g/mol. The molecule has 0 aliphatic rings. The van der Waals surface area contributed by atoms with Gasteiger partial charge in [0, 0.05) is 24.7 Å². The molecule has 184 valence electrons. The molecule has 34 heavy (non-hydrogen) atoms. The zero-order chi connectivity index (χ0) is 25.9. The fourth-order valence-corrected chi connectivity index (χ4v) is 2.49. The lowest BCUT2D eigenvalue weighted by molar-refractivity contribution is -0.869. The second-order valence-corrected chi connectivity index (χ2v) is 9.28. The van der Waals surface area contributed by atoms with Crippen molar-refractivity contribution < 1.29 is 26.6 Å². The van der Waals surface area contributed by atoms with Crippen molar-refractivity contribution in [2.75, 3.05) is 41.3 Å². The first-order valence-electron chi connectivity index (χ1n) is 10.0. The molecule has 0 aromatic heterocycles. The third kappa shape index (κ3) is 11.0. The summed E-state index contributed by atoms with van der Waals surface area (Å²) in [6, 6.07) is 13.7. The fourth-order valence-electron chi connectivity index (χ4n) is 2.49. The van der Waals surface area contributed by atoms with Gasteiger partial charge in [0.15, 0.2) is 0 Å². The minimum Gasteiger partial charge on any atom is -0.726 e. The number of hydrogen-bond acceptors (Lipinski definition) is 10. The molecule has 0 amide bonds. The van der Waals surface area contributed by atoms with Crippen molar-refractivity contribution in [2.24, 2.45) is 10.2 Å².